The van der Waals surface area contributed by atoms with Gasteiger partial charge in [-0.15, -0.1) is 0 Å². The Morgan fingerprint density at radius 1 is 1.11 bits per heavy atom. The topological polar surface area (TPSA) is 78.4 Å². The summed E-state index contributed by atoms with van der Waals surface area (Å²) >= 11 is 0. The molecule has 3 atom stereocenters. The molecule has 0 spiro atoms. The first-order valence-corrected chi connectivity index (χ1v) is 11.0. The highest BCUT2D eigenvalue weighted by Gasteiger charge is 2.39. The van der Waals surface area contributed by atoms with E-state index in [-0.39, 0.29) is 28.5 Å². The van der Waals surface area contributed by atoms with Crippen molar-refractivity contribution >= 4 is 15.7 Å². The van der Waals surface area contributed by atoms with E-state index >= 15 is 0 Å². The van der Waals surface area contributed by atoms with Gasteiger partial charge in [0.25, 0.3) is 0 Å². The second-order valence-corrected chi connectivity index (χ2v) is 10.3. The molecule has 0 radical (unpaired) electrons. The number of phenols is 1. The standard InChI is InChI=1S/C22H26N2O3S/c1-22(2,3)24-28(26,27)14-11-12-19-18(13-14)15-8-6-9-16(15)21(23-19)17-7-4-5-10-20(17)25/h4-8,10-13,15-16,21,23-25H,9H2,1-3H3. The Kier molecular flexibility index (Phi) is 4.51. The van der Waals surface area contributed by atoms with Crippen molar-refractivity contribution in [2.45, 2.75) is 49.6 Å². The van der Waals surface area contributed by atoms with E-state index in [0.29, 0.717) is 0 Å². The van der Waals surface area contributed by atoms with Crippen molar-refractivity contribution in [3.8, 4) is 5.75 Å². The maximum absolute atomic E-state index is 12.8. The number of hydrogen-bond donors (Lipinski definition) is 3. The van der Waals surface area contributed by atoms with Crippen LogP contribution in [-0.4, -0.2) is 19.1 Å². The van der Waals surface area contributed by atoms with Gasteiger partial charge in [0, 0.05) is 22.7 Å². The van der Waals surface area contributed by atoms with Crippen LogP contribution in [0.2, 0.25) is 0 Å². The highest BCUT2D eigenvalue weighted by Crippen LogP contribution is 2.51. The lowest BCUT2D eigenvalue weighted by Gasteiger charge is -2.38. The molecule has 1 heterocycles. The van der Waals surface area contributed by atoms with Crippen LogP contribution in [-0.2, 0) is 10.0 Å². The van der Waals surface area contributed by atoms with Crippen LogP contribution in [0.1, 0.15) is 50.3 Å². The van der Waals surface area contributed by atoms with Gasteiger partial charge < -0.3 is 10.4 Å². The molecule has 0 bridgehead atoms. The number of phenolic OH excluding ortho intramolecular Hbond substituents is 1. The lowest BCUT2D eigenvalue weighted by Crippen LogP contribution is -2.40. The molecular formula is C22H26N2O3S. The normalized spacial score (nSPS) is 23.8. The van der Waals surface area contributed by atoms with E-state index < -0.39 is 15.6 Å². The summed E-state index contributed by atoms with van der Waals surface area (Å²) in [6.07, 6.45) is 5.19. The van der Waals surface area contributed by atoms with Gasteiger partial charge in [-0.05, 0) is 62.9 Å². The van der Waals surface area contributed by atoms with E-state index in [2.05, 4.69) is 22.2 Å². The third-order valence-electron chi connectivity index (χ3n) is 5.36. The second kappa shape index (κ2) is 6.64. The average molecular weight is 399 g/mol. The number of anilines is 1. The highest BCUT2D eigenvalue weighted by molar-refractivity contribution is 7.89. The van der Waals surface area contributed by atoms with Crippen molar-refractivity contribution in [1.82, 2.24) is 4.72 Å². The van der Waals surface area contributed by atoms with E-state index in [1.807, 2.05) is 45.0 Å². The lowest BCUT2D eigenvalue weighted by molar-refractivity contribution is 0.402. The van der Waals surface area contributed by atoms with Gasteiger partial charge in [-0.1, -0.05) is 30.4 Å². The Labute approximate surface area is 166 Å². The molecule has 6 heteroatoms. The number of aromatic hydroxyl groups is 1. The molecule has 5 nitrogen and oxygen atoms in total. The molecule has 3 N–H and O–H groups in total. The van der Waals surface area contributed by atoms with Crippen molar-refractivity contribution in [2.75, 3.05) is 5.32 Å². The number of allylic oxidation sites excluding steroid dienone is 2. The molecule has 0 aromatic heterocycles. The third kappa shape index (κ3) is 3.42. The lowest BCUT2D eigenvalue weighted by atomic mass is 9.77. The van der Waals surface area contributed by atoms with Gasteiger partial charge >= 0.3 is 0 Å². The monoisotopic (exact) mass is 398 g/mol. The first-order valence-electron chi connectivity index (χ1n) is 9.55. The Hall–Kier alpha value is -2.31. The number of sulfonamides is 1. The van der Waals surface area contributed by atoms with Crippen molar-refractivity contribution in [3.05, 3.63) is 65.7 Å². The van der Waals surface area contributed by atoms with E-state index in [9.17, 15) is 13.5 Å². The Morgan fingerprint density at radius 2 is 1.86 bits per heavy atom. The number of benzene rings is 2. The molecular weight excluding hydrogens is 372 g/mol. The summed E-state index contributed by atoms with van der Waals surface area (Å²) in [7, 11) is -3.59. The first-order chi connectivity index (χ1) is 13.2. The largest absolute Gasteiger partial charge is 0.508 e. The zero-order valence-electron chi connectivity index (χ0n) is 16.3. The van der Waals surface area contributed by atoms with E-state index in [1.165, 1.54) is 0 Å². The van der Waals surface area contributed by atoms with E-state index in [4.69, 9.17) is 0 Å². The molecule has 148 valence electrons. The minimum Gasteiger partial charge on any atom is -0.508 e. The SMILES string of the molecule is CC(C)(C)NS(=O)(=O)c1ccc2c(c1)C1C=CCC1C(c1ccccc1O)N2. The van der Waals surface area contributed by atoms with Crippen LogP contribution in [0.5, 0.6) is 5.75 Å². The minimum atomic E-state index is -3.59. The smallest absolute Gasteiger partial charge is 0.241 e. The zero-order valence-corrected chi connectivity index (χ0v) is 17.1. The maximum atomic E-state index is 12.8. The quantitative estimate of drug-likeness (QED) is 0.674. The van der Waals surface area contributed by atoms with Crippen LogP contribution in [0.15, 0.2) is 59.5 Å². The molecule has 2 aromatic rings. The fourth-order valence-corrected chi connectivity index (χ4v) is 5.71. The number of rotatable bonds is 3. The summed E-state index contributed by atoms with van der Waals surface area (Å²) in [5, 5.41) is 13.9. The summed E-state index contributed by atoms with van der Waals surface area (Å²) < 4.78 is 28.3. The molecule has 0 fully saturated rings. The van der Waals surface area contributed by atoms with Gasteiger partial charge in [-0.2, -0.15) is 0 Å². The summed E-state index contributed by atoms with van der Waals surface area (Å²) in [4.78, 5) is 0.281. The van der Waals surface area contributed by atoms with Gasteiger partial charge in [-0.3, -0.25) is 0 Å². The van der Waals surface area contributed by atoms with Crippen molar-refractivity contribution in [1.29, 1.82) is 0 Å². The predicted molar refractivity (Wildman–Crippen MR) is 111 cm³/mol. The Morgan fingerprint density at radius 3 is 2.57 bits per heavy atom. The number of fused-ring (bicyclic) bond motifs is 3. The molecule has 4 rings (SSSR count). The second-order valence-electron chi connectivity index (χ2n) is 8.64. The van der Waals surface area contributed by atoms with Gasteiger partial charge in [0.05, 0.1) is 10.9 Å². The van der Waals surface area contributed by atoms with Crippen LogP contribution in [0.25, 0.3) is 0 Å². The molecule has 28 heavy (non-hydrogen) atoms. The third-order valence-corrected chi connectivity index (χ3v) is 7.11. The van der Waals surface area contributed by atoms with Crippen LogP contribution >= 0.6 is 0 Å². The fourth-order valence-electron chi connectivity index (χ4n) is 4.26. The minimum absolute atomic E-state index is 0.0242. The molecule has 0 amide bonds. The van der Waals surface area contributed by atoms with Gasteiger partial charge in [0.2, 0.25) is 10.0 Å². The molecule has 2 aliphatic rings. The van der Waals surface area contributed by atoms with Gasteiger partial charge in [0.15, 0.2) is 0 Å². The molecule has 0 saturated heterocycles. The molecule has 3 unspecified atom stereocenters. The number of hydrogen-bond acceptors (Lipinski definition) is 4. The Bertz CT molecular complexity index is 1040. The average Bonchev–Trinajstić information content (AvgIpc) is 3.09. The Balaban J connectivity index is 1.74. The van der Waals surface area contributed by atoms with Crippen molar-refractivity contribution in [3.63, 3.8) is 0 Å². The molecule has 0 saturated carbocycles. The zero-order chi connectivity index (χ0) is 20.1. The number of nitrogens with one attached hydrogen (secondary N) is 2. The summed E-state index contributed by atoms with van der Waals surface area (Å²) in [5.41, 5.74) is 2.23. The van der Waals surface area contributed by atoms with Gasteiger partial charge in [-0.25, -0.2) is 13.1 Å². The molecule has 2 aromatic carbocycles. The number of para-hydroxylation sites is 1. The van der Waals surface area contributed by atoms with E-state index in [0.717, 1.165) is 23.2 Å². The van der Waals surface area contributed by atoms with Crippen LogP contribution < -0.4 is 10.0 Å². The van der Waals surface area contributed by atoms with Crippen molar-refractivity contribution in [2.24, 2.45) is 5.92 Å². The van der Waals surface area contributed by atoms with Crippen LogP contribution in [0.3, 0.4) is 0 Å². The summed E-state index contributed by atoms with van der Waals surface area (Å²) in [6, 6.07) is 12.6. The summed E-state index contributed by atoms with van der Waals surface area (Å²) in [5.74, 6) is 0.627. The fraction of sp³-hybridized carbons (Fsp3) is 0.364. The van der Waals surface area contributed by atoms with Gasteiger partial charge in [0.1, 0.15) is 5.75 Å². The first kappa shape index (κ1) is 19.0. The highest BCUT2D eigenvalue weighted by atomic mass is 32.2. The van der Waals surface area contributed by atoms with Crippen LogP contribution in [0, 0.1) is 5.92 Å². The maximum Gasteiger partial charge on any atom is 0.241 e. The van der Waals surface area contributed by atoms with E-state index in [1.54, 1.807) is 18.2 Å². The molecule has 1 aliphatic heterocycles. The van der Waals surface area contributed by atoms with Crippen molar-refractivity contribution < 1.29 is 13.5 Å². The molecule has 1 aliphatic carbocycles. The predicted octanol–water partition coefficient (Wildman–Crippen LogP) is 4.30. The van der Waals surface area contributed by atoms with Crippen LogP contribution in [0.4, 0.5) is 5.69 Å². The summed E-state index contributed by atoms with van der Waals surface area (Å²) in [6.45, 7) is 5.49.